The average Bonchev–Trinajstić information content (AvgIpc) is 3.60. The summed E-state index contributed by atoms with van der Waals surface area (Å²) in [6, 6.07) is 17.9. The Bertz CT molecular complexity index is 1230. The van der Waals surface area contributed by atoms with Crippen LogP contribution in [0.5, 0.6) is 0 Å². The van der Waals surface area contributed by atoms with Crippen molar-refractivity contribution in [3.8, 4) is 0 Å². The van der Waals surface area contributed by atoms with E-state index >= 15 is 0 Å². The van der Waals surface area contributed by atoms with Gasteiger partial charge in [0.15, 0.2) is 0 Å². The van der Waals surface area contributed by atoms with Gasteiger partial charge in [0.25, 0.3) is 15.9 Å². The zero-order valence-corrected chi connectivity index (χ0v) is 19.9. The van der Waals surface area contributed by atoms with Gasteiger partial charge in [-0.1, -0.05) is 30.3 Å². The van der Waals surface area contributed by atoms with Gasteiger partial charge in [-0.05, 0) is 60.5 Å². The first-order valence-corrected chi connectivity index (χ1v) is 13.5. The minimum atomic E-state index is -3.77. The first kappa shape index (κ1) is 22.1. The van der Waals surface area contributed by atoms with Gasteiger partial charge in [-0.25, -0.2) is 8.42 Å². The molecule has 0 spiro atoms. The number of para-hydroxylation sites is 1. The molecule has 1 amide bonds. The fraction of sp³-hybridized carbons (Fsp3) is 0.320. The third-order valence-electron chi connectivity index (χ3n) is 6.18. The predicted octanol–water partition coefficient (Wildman–Crippen LogP) is 4.32. The molecular weight excluding hydrogens is 456 g/mol. The monoisotopic (exact) mass is 482 g/mol. The molecule has 8 heteroatoms. The molecule has 1 saturated heterocycles. The van der Waals surface area contributed by atoms with Crippen LogP contribution in [-0.2, 0) is 27.7 Å². The molecule has 3 aromatic rings. The Balaban J connectivity index is 1.42. The zero-order chi connectivity index (χ0) is 22.8. The molecule has 6 nitrogen and oxygen atoms in total. The highest BCUT2D eigenvalue weighted by atomic mass is 32.2. The van der Waals surface area contributed by atoms with Gasteiger partial charge in [-0.15, -0.1) is 11.3 Å². The van der Waals surface area contributed by atoms with Crippen LogP contribution in [0.3, 0.4) is 0 Å². The maximum atomic E-state index is 13.5. The normalized spacial score (nSPS) is 17.8. The molecule has 0 saturated carbocycles. The van der Waals surface area contributed by atoms with Crippen molar-refractivity contribution < 1.29 is 17.9 Å². The van der Waals surface area contributed by atoms with Crippen molar-refractivity contribution in [3.63, 3.8) is 0 Å². The number of nitrogens with zero attached hydrogens (tertiary/aromatic N) is 2. The Kier molecular flexibility index (Phi) is 6.23. The zero-order valence-electron chi connectivity index (χ0n) is 18.2. The standard InChI is InChI=1S/C25H26N2O4S2/c28-25(26(17-21-8-4-14-31-21)18-22-9-5-15-32-22)20-7-3-10-23(16-20)33(29,30)27-13-12-19-6-1-2-11-24(19)27/h1-3,5-7,9-11,15-16,21H,4,8,12-14,17-18H2/t21-/m0/s1. The lowest BCUT2D eigenvalue weighted by Gasteiger charge is -2.25. The first-order valence-electron chi connectivity index (χ1n) is 11.2. The van der Waals surface area contributed by atoms with Crippen molar-refractivity contribution in [2.75, 3.05) is 24.0 Å². The molecule has 1 aromatic heterocycles. The van der Waals surface area contributed by atoms with Crippen LogP contribution in [0.15, 0.2) is 70.9 Å². The second kappa shape index (κ2) is 9.29. The number of sulfonamides is 1. The predicted molar refractivity (Wildman–Crippen MR) is 129 cm³/mol. The molecule has 0 N–H and O–H groups in total. The van der Waals surface area contributed by atoms with Crippen LogP contribution in [0.2, 0.25) is 0 Å². The molecule has 0 unspecified atom stereocenters. The molecule has 0 radical (unpaired) electrons. The number of ether oxygens (including phenoxy) is 1. The number of benzene rings is 2. The molecule has 1 fully saturated rings. The summed E-state index contributed by atoms with van der Waals surface area (Å²) in [4.78, 5) is 16.5. The maximum absolute atomic E-state index is 13.5. The fourth-order valence-electron chi connectivity index (χ4n) is 4.50. The lowest BCUT2D eigenvalue weighted by Crippen LogP contribution is -2.37. The highest BCUT2D eigenvalue weighted by molar-refractivity contribution is 7.92. The molecule has 0 aliphatic carbocycles. The van der Waals surface area contributed by atoms with Crippen molar-refractivity contribution in [2.45, 2.75) is 36.8 Å². The number of amides is 1. The van der Waals surface area contributed by atoms with Gasteiger partial charge < -0.3 is 9.64 Å². The Morgan fingerprint density at radius 2 is 2.00 bits per heavy atom. The van der Waals surface area contributed by atoms with Crippen molar-refractivity contribution in [3.05, 3.63) is 82.0 Å². The molecule has 33 heavy (non-hydrogen) atoms. The fourth-order valence-corrected chi connectivity index (χ4v) is 6.77. The Morgan fingerprint density at radius 3 is 2.79 bits per heavy atom. The number of thiophene rings is 1. The molecule has 1 atom stereocenters. The van der Waals surface area contributed by atoms with E-state index in [2.05, 4.69) is 0 Å². The topological polar surface area (TPSA) is 66.9 Å². The average molecular weight is 483 g/mol. The summed E-state index contributed by atoms with van der Waals surface area (Å²) in [5, 5.41) is 1.99. The van der Waals surface area contributed by atoms with Gasteiger partial charge >= 0.3 is 0 Å². The first-order chi connectivity index (χ1) is 16.0. The summed E-state index contributed by atoms with van der Waals surface area (Å²) < 4.78 is 34.1. The minimum Gasteiger partial charge on any atom is -0.376 e. The molecule has 2 aliphatic heterocycles. The summed E-state index contributed by atoms with van der Waals surface area (Å²) >= 11 is 1.60. The van der Waals surface area contributed by atoms with E-state index in [1.807, 2.05) is 41.8 Å². The van der Waals surface area contributed by atoms with E-state index in [0.29, 0.717) is 37.3 Å². The second-order valence-electron chi connectivity index (χ2n) is 8.38. The van der Waals surface area contributed by atoms with E-state index in [4.69, 9.17) is 4.74 Å². The Hall–Kier alpha value is -2.68. The van der Waals surface area contributed by atoms with Crippen LogP contribution >= 0.6 is 11.3 Å². The van der Waals surface area contributed by atoms with Gasteiger partial charge in [0.05, 0.1) is 23.2 Å². The highest BCUT2D eigenvalue weighted by Crippen LogP contribution is 2.33. The van der Waals surface area contributed by atoms with E-state index < -0.39 is 10.0 Å². The maximum Gasteiger partial charge on any atom is 0.264 e. The van der Waals surface area contributed by atoms with E-state index in [9.17, 15) is 13.2 Å². The van der Waals surface area contributed by atoms with Crippen molar-refractivity contribution in [2.24, 2.45) is 0 Å². The van der Waals surface area contributed by atoms with Crippen molar-refractivity contribution >= 4 is 33.0 Å². The van der Waals surface area contributed by atoms with Crippen molar-refractivity contribution in [1.29, 1.82) is 0 Å². The molecule has 0 bridgehead atoms. The van der Waals surface area contributed by atoms with Gasteiger partial charge in [0.2, 0.25) is 0 Å². The minimum absolute atomic E-state index is 0.0157. The number of fused-ring (bicyclic) bond motifs is 1. The third kappa shape index (κ3) is 4.55. The summed E-state index contributed by atoms with van der Waals surface area (Å²) in [6.45, 7) is 2.10. The number of rotatable bonds is 7. The summed E-state index contributed by atoms with van der Waals surface area (Å²) in [5.41, 5.74) is 2.11. The smallest absolute Gasteiger partial charge is 0.264 e. The summed E-state index contributed by atoms with van der Waals surface area (Å²) in [6.07, 6.45) is 2.62. The van der Waals surface area contributed by atoms with E-state index in [1.165, 1.54) is 10.4 Å². The number of carbonyl (C=O) groups is 1. The van der Waals surface area contributed by atoms with Crippen LogP contribution in [0.1, 0.15) is 33.6 Å². The van der Waals surface area contributed by atoms with Crippen LogP contribution in [0, 0.1) is 0 Å². The Labute approximate surface area is 198 Å². The van der Waals surface area contributed by atoms with Gasteiger partial charge in [0.1, 0.15) is 0 Å². The lowest BCUT2D eigenvalue weighted by atomic mass is 10.1. The van der Waals surface area contributed by atoms with Crippen molar-refractivity contribution in [1.82, 2.24) is 4.90 Å². The van der Waals surface area contributed by atoms with Crippen LogP contribution < -0.4 is 4.31 Å². The molecule has 172 valence electrons. The van der Waals surface area contributed by atoms with Gasteiger partial charge in [-0.2, -0.15) is 0 Å². The molecular formula is C25H26N2O4S2. The molecule has 3 heterocycles. The summed E-state index contributed by atoms with van der Waals surface area (Å²) in [5.74, 6) is -0.183. The van der Waals surface area contributed by atoms with Crippen LogP contribution in [0.25, 0.3) is 0 Å². The van der Waals surface area contributed by atoms with Gasteiger partial charge in [-0.3, -0.25) is 9.10 Å². The lowest BCUT2D eigenvalue weighted by molar-refractivity contribution is 0.0509. The van der Waals surface area contributed by atoms with E-state index in [-0.39, 0.29) is 16.9 Å². The van der Waals surface area contributed by atoms with Gasteiger partial charge in [0, 0.05) is 30.1 Å². The largest absolute Gasteiger partial charge is 0.376 e. The molecule has 2 aromatic carbocycles. The third-order valence-corrected chi connectivity index (χ3v) is 8.85. The van der Waals surface area contributed by atoms with Crippen LogP contribution in [-0.4, -0.2) is 45.0 Å². The second-order valence-corrected chi connectivity index (χ2v) is 11.3. The SMILES string of the molecule is O=C(c1cccc(S(=O)(=O)N2CCc3ccccc32)c1)N(Cc1cccs1)C[C@@H]1CCCO1. The number of anilines is 1. The number of hydrogen-bond donors (Lipinski definition) is 0. The number of carbonyl (C=O) groups excluding carboxylic acids is 1. The number of hydrogen-bond acceptors (Lipinski definition) is 5. The Morgan fingerprint density at radius 1 is 1.12 bits per heavy atom. The molecule has 2 aliphatic rings. The van der Waals surface area contributed by atoms with E-state index in [1.54, 1.807) is 34.4 Å². The van der Waals surface area contributed by atoms with Crippen LogP contribution in [0.4, 0.5) is 5.69 Å². The van der Waals surface area contributed by atoms with E-state index in [0.717, 1.165) is 29.9 Å². The quantitative estimate of drug-likeness (QED) is 0.503. The highest BCUT2D eigenvalue weighted by Gasteiger charge is 2.31. The summed E-state index contributed by atoms with van der Waals surface area (Å²) in [7, 11) is -3.77. The molecule has 5 rings (SSSR count).